The van der Waals surface area contributed by atoms with Crippen LogP contribution in [-0.4, -0.2) is 13.1 Å². The predicted molar refractivity (Wildman–Crippen MR) is 77.6 cm³/mol. The van der Waals surface area contributed by atoms with Crippen molar-refractivity contribution in [2.45, 2.75) is 19.4 Å². The zero-order valence-corrected chi connectivity index (χ0v) is 11.7. The third-order valence-electron chi connectivity index (χ3n) is 3.06. The Morgan fingerprint density at radius 3 is 2.25 bits per heavy atom. The first-order valence-corrected chi connectivity index (χ1v) is 6.54. The Bertz CT molecular complexity index is 546. The summed E-state index contributed by atoms with van der Waals surface area (Å²) in [6, 6.07) is 17.6. The third-order valence-corrected chi connectivity index (χ3v) is 3.06. The van der Waals surface area contributed by atoms with Crippen molar-refractivity contribution >= 4 is 5.97 Å². The molecule has 0 N–H and O–H groups in total. The van der Waals surface area contributed by atoms with E-state index < -0.39 is 0 Å². The topological polar surface area (TPSA) is 35.5 Å². The molecule has 0 aromatic heterocycles. The number of methoxy groups -OCH3 is 1. The number of esters is 1. The highest BCUT2D eigenvalue weighted by molar-refractivity contribution is 5.66. The van der Waals surface area contributed by atoms with Gasteiger partial charge in [0.1, 0.15) is 11.9 Å². The van der Waals surface area contributed by atoms with Crippen molar-refractivity contribution in [3.8, 4) is 5.75 Å². The maximum Gasteiger partial charge on any atom is 0.303 e. The summed E-state index contributed by atoms with van der Waals surface area (Å²) in [4.78, 5) is 11.3. The normalized spacial score (nSPS) is 11.7. The Labute approximate surface area is 119 Å². The molecule has 2 aromatic rings. The van der Waals surface area contributed by atoms with Crippen molar-refractivity contribution in [3.63, 3.8) is 0 Å². The molecule has 3 heteroatoms. The molecular formula is C17H18O3. The van der Waals surface area contributed by atoms with E-state index in [4.69, 9.17) is 9.47 Å². The van der Waals surface area contributed by atoms with Crippen LogP contribution in [0.1, 0.15) is 24.2 Å². The van der Waals surface area contributed by atoms with Gasteiger partial charge in [-0.05, 0) is 23.3 Å². The molecule has 0 aliphatic carbocycles. The molecule has 0 bridgehead atoms. The molecule has 1 atom stereocenters. The Balaban J connectivity index is 2.19. The molecule has 0 spiro atoms. The molecule has 0 aliphatic rings. The van der Waals surface area contributed by atoms with Crippen molar-refractivity contribution in [1.29, 1.82) is 0 Å². The van der Waals surface area contributed by atoms with Gasteiger partial charge in [0.2, 0.25) is 0 Å². The van der Waals surface area contributed by atoms with Gasteiger partial charge in [0.15, 0.2) is 0 Å². The lowest BCUT2D eigenvalue weighted by molar-refractivity contribution is -0.146. The summed E-state index contributed by atoms with van der Waals surface area (Å²) in [6.07, 6.45) is 0.382. The number of benzene rings is 2. The van der Waals surface area contributed by atoms with E-state index in [1.165, 1.54) is 6.92 Å². The number of rotatable bonds is 5. The number of hydrogen-bond acceptors (Lipinski definition) is 3. The minimum absolute atomic E-state index is 0.276. The maximum atomic E-state index is 11.3. The molecule has 20 heavy (non-hydrogen) atoms. The highest BCUT2D eigenvalue weighted by Gasteiger charge is 2.15. The van der Waals surface area contributed by atoms with E-state index in [2.05, 4.69) is 0 Å². The Hall–Kier alpha value is -2.29. The molecule has 0 heterocycles. The van der Waals surface area contributed by atoms with Crippen LogP contribution in [0, 0.1) is 0 Å². The van der Waals surface area contributed by atoms with Gasteiger partial charge in [0, 0.05) is 13.3 Å². The van der Waals surface area contributed by atoms with Crippen LogP contribution in [0.15, 0.2) is 54.6 Å². The van der Waals surface area contributed by atoms with Crippen LogP contribution in [0.2, 0.25) is 0 Å². The lowest BCUT2D eigenvalue weighted by Crippen LogP contribution is -2.11. The number of carbonyl (C=O) groups is 1. The first-order valence-electron chi connectivity index (χ1n) is 6.54. The summed E-state index contributed by atoms with van der Waals surface area (Å²) in [5, 5.41) is 0. The summed E-state index contributed by atoms with van der Waals surface area (Å²) in [6.45, 7) is 1.43. The van der Waals surface area contributed by atoms with E-state index in [9.17, 15) is 4.79 Å². The Kier molecular flexibility index (Phi) is 4.77. The summed E-state index contributed by atoms with van der Waals surface area (Å²) in [5.41, 5.74) is 2.10. The molecule has 0 radical (unpaired) electrons. The van der Waals surface area contributed by atoms with Gasteiger partial charge in [-0.25, -0.2) is 0 Å². The second kappa shape index (κ2) is 6.75. The molecule has 1 unspecified atom stereocenters. The Morgan fingerprint density at radius 1 is 1.05 bits per heavy atom. The van der Waals surface area contributed by atoms with Gasteiger partial charge in [-0.15, -0.1) is 0 Å². The quantitative estimate of drug-likeness (QED) is 0.779. The Morgan fingerprint density at radius 2 is 1.70 bits per heavy atom. The van der Waals surface area contributed by atoms with Crippen molar-refractivity contribution in [2.24, 2.45) is 0 Å². The molecule has 0 aliphatic heterocycles. The SMILES string of the molecule is COc1ccc(C(Cc2ccccc2)OC(C)=O)cc1. The summed E-state index contributed by atoms with van der Waals surface area (Å²) >= 11 is 0. The van der Waals surface area contributed by atoms with E-state index in [1.54, 1.807) is 7.11 Å². The molecule has 0 saturated heterocycles. The van der Waals surface area contributed by atoms with Gasteiger partial charge >= 0.3 is 5.97 Å². The average molecular weight is 270 g/mol. The van der Waals surface area contributed by atoms with E-state index in [1.807, 2.05) is 54.6 Å². The number of carbonyl (C=O) groups excluding carboxylic acids is 1. The van der Waals surface area contributed by atoms with Crippen LogP contribution in [0.4, 0.5) is 0 Å². The van der Waals surface area contributed by atoms with E-state index in [-0.39, 0.29) is 12.1 Å². The van der Waals surface area contributed by atoms with Crippen molar-refractivity contribution in [3.05, 3.63) is 65.7 Å². The van der Waals surface area contributed by atoms with E-state index in [0.717, 1.165) is 16.9 Å². The lowest BCUT2D eigenvalue weighted by Gasteiger charge is -2.18. The summed E-state index contributed by atoms with van der Waals surface area (Å²) < 4.78 is 10.6. The minimum atomic E-state index is -0.277. The third kappa shape index (κ3) is 3.85. The highest BCUT2D eigenvalue weighted by atomic mass is 16.5. The second-order valence-electron chi connectivity index (χ2n) is 4.56. The van der Waals surface area contributed by atoms with Gasteiger partial charge in [-0.3, -0.25) is 4.79 Å². The van der Waals surface area contributed by atoms with Crippen LogP contribution in [0.5, 0.6) is 5.75 Å². The van der Waals surface area contributed by atoms with Gasteiger partial charge in [-0.1, -0.05) is 42.5 Å². The molecular weight excluding hydrogens is 252 g/mol. The van der Waals surface area contributed by atoms with E-state index in [0.29, 0.717) is 6.42 Å². The molecule has 0 amide bonds. The molecule has 3 nitrogen and oxygen atoms in total. The molecule has 2 aromatic carbocycles. The van der Waals surface area contributed by atoms with Gasteiger partial charge < -0.3 is 9.47 Å². The minimum Gasteiger partial charge on any atom is -0.497 e. The van der Waals surface area contributed by atoms with Crippen molar-refractivity contribution in [1.82, 2.24) is 0 Å². The fraction of sp³-hybridized carbons (Fsp3) is 0.235. The van der Waals surface area contributed by atoms with Gasteiger partial charge in [-0.2, -0.15) is 0 Å². The molecule has 104 valence electrons. The standard InChI is InChI=1S/C17H18O3/c1-13(18)20-17(12-14-6-4-3-5-7-14)15-8-10-16(19-2)11-9-15/h3-11,17H,12H2,1-2H3. The van der Waals surface area contributed by atoms with Crippen LogP contribution in [0.25, 0.3) is 0 Å². The van der Waals surface area contributed by atoms with Crippen LogP contribution < -0.4 is 4.74 Å². The maximum absolute atomic E-state index is 11.3. The van der Waals surface area contributed by atoms with Crippen LogP contribution in [-0.2, 0) is 16.0 Å². The van der Waals surface area contributed by atoms with Crippen LogP contribution >= 0.6 is 0 Å². The largest absolute Gasteiger partial charge is 0.497 e. The zero-order chi connectivity index (χ0) is 14.4. The van der Waals surface area contributed by atoms with E-state index >= 15 is 0 Å². The summed E-state index contributed by atoms with van der Waals surface area (Å²) in [7, 11) is 1.63. The monoisotopic (exact) mass is 270 g/mol. The smallest absolute Gasteiger partial charge is 0.303 e. The lowest BCUT2D eigenvalue weighted by atomic mass is 10.0. The van der Waals surface area contributed by atoms with Crippen LogP contribution in [0.3, 0.4) is 0 Å². The fourth-order valence-corrected chi connectivity index (χ4v) is 2.07. The average Bonchev–Trinajstić information content (AvgIpc) is 2.47. The summed E-state index contributed by atoms with van der Waals surface area (Å²) in [5.74, 6) is 0.511. The first kappa shape index (κ1) is 14.1. The predicted octanol–water partition coefficient (Wildman–Crippen LogP) is 3.54. The highest BCUT2D eigenvalue weighted by Crippen LogP contribution is 2.24. The second-order valence-corrected chi connectivity index (χ2v) is 4.56. The number of ether oxygens (including phenoxy) is 2. The molecule has 0 saturated carbocycles. The zero-order valence-electron chi connectivity index (χ0n) is 11.7. The fourth-order valence-electron chi connectivity index (χ4n) is 2.07. The molecule has 2 rings (SSSR count). The molecule has 0 fully saturated rings. The van der Waals surface area contributed by atoms with Gasteiger partial charge in [0.05, 0.1) is 7.11 Å². The van der Waals surface area contributed by atoms with Crippen molar-refractivity contribution in [2.75, 3.05) is 7.11 Å². The van der Waals surface area contributed by atoms with Gasteiger partial charge in [0.25, 0.3) is 0 Å². The van der Waals surface area contributed by atoms with Crippen molar-refractivity contribution < 1.29 is 14.3 Å². The number of hydrogen-bond donors (Lipinski definition) is 0. The first-order chi connectivity index (χ1) is 9.69.